The molecule has 0 heterocycles. The minimum Gasteiger partial charge on any atom is -0.480 e. The van der Waals surface area contributed by atoms with Gasteiger partial charge < -0.3 is 15.2 Å². The quantitative estimate of drug-likeness (QED) is 0.568. The van der Waals surface area contributed by atoms with Gasteiger partial charge in [0.05, 0.1) is 6.61 Å². The molecule has 1 saturated carbocycles. The van der Waals surface area contributed by atoms with Gasteiger partial charge in [0, 0.05) is 19.7 Å². The standard InChI is InChI=1S/C13H26N2O3/c1-4-15(8-9-18-5-2)10-13(14-3,12(16)17)11-6-7-11/h11,14H,4-10H2,1-3H3,(H,16,17). The number of carboxylic acid groups (broad SMARTS) is 1. The highest BCUT2D eigenvalue weighted by Gasteiger charge is 2.50. The summed E-state index contributed by atoms with van der Waals surface area (Å²) in [4.78, 5) is 13.7. The summed E-state index contributed by atoms with van der Waals surface area (Å²) >= 11 is 0. The van der Waals surface area contributed by atoms with Crippen LogP contribution < -0.4 is 5.32 Å². The summed E-state index contributed by atoms with van der Waals surface area (Å²) in [7, 11) is 1.75. The highest BCUT2D eigenvalue weighted by molar-refractivity contribution is 5.80. The Morgan fingerprint density at radius 3 is 2.56 bits per heavy atom. The molecule has 1 fully saturated rings. The molecule has 18 heavy (non-hydrogen) atoms. The number of hydrogen-bond donors (Lipinski definition) is 2. The van der Waals surface area contributed by atoms with E-state index < -0.39 is 11.5 Å². The average Bonchev–Trinajstić information content (AvgIpc) is 3.18. The van der Waals surface area contributed by atoms with E-state index in [2.05, 4.69) is 17.1 Å². The molecule has 1 unspecified atom stereocenters. The molecule has 2 N–H and O–H groups in total. The number of carboxylic acids is 1. The maximum Gasteiger partial charge on any atom is 0.325 e. The first-order chi connectivity index (χ1) is 8.60. The smallest absolute Gasteiger partial charge is 0.325 e. The van der Waals surface area contributed by atoms with Gasteiger partial charge in [-0.2, -0.15) is 0 Å². The van der Waals surface area contributed by atoms with E-state index in [0.717, 1.165) is 25.9 Å². The van der Waals surface area contributed by atoms with E-state index in [-0.39, 0.29) is 5.92 Å². The lowest BCUT2D eigenvalue weighted by Crippen LogP contribution is -2.59. The van der Waals surface area contributed by atoms with Gasteiger partial charge in [-0.15, -0.1) is 0 Å². The number of carbonyl (C=O) groups is 1. The van der Waals surface area contributed by atoms with Gasteiger partial charge in [0.1, 0.15) is 5.54 Å². The van der Waals surface area contributed by atoms with Gasteiger partial charge in [0.15, 0.2) is 0 Å². The highest BCUT2D eigenvalue weighted by atomic mass is 16.5. The van der Waals surface area contributed by atoms with Crippen molar-refractivity contribution in [3.8, 4) is 0 Å². The van der Waals surface area contributed by atoms with Gasteiger partial charge in [-0.1, -0.05) is 6.92 Å². The molecule has 5 nitrogen and oxygen atoms in total. The van der Waals surface area contributed by atoms with Crippen LogP contribution in [0.3, 0.4) is 0 Å². The van der Waals surface area contributed by atoms with Gasteiger partial charge in [-0.25, -0.2) is 0 Å². The van der Waals surface area contributed by atoms with E-state index in [9.17, 15) is 9.90 Å². The van der Waals surface area contributed by atoms with Gasteiger partial charge in [-0.3, -0.25) is 9.69 Å². The van der Waals surface area contributed by atoms with Gasteiger partial charge >= 0.3 is 5.97 Å². The molecular formula is C13H26N2O3. The molecule has 0 saturated heterocycles. The summed E-state index contributed by atoms with van der Waals surface area (Å²) in [5, 5.41) is 12.6. The molecule has 1 aliphatic rings. The fourth-order valence-electron chi connectivity index (χ4n) is 2.38. The summed E-state index contributed by atoms with van der Waals surface area (Å²) in [6.07, 6.45) is 2.02. The third-order valence-electron chi connectivity index (χ3n) is 3.78. The number of rotatable bonds is 10. The summed E-state index contributed by atoms with van der Waals surface area (Å²) in [5.74, 6) is -0.469. The Balaban J connectivity index is 2.59. The van der Waals surface area contributed by atoms with Crippen molar-refractivity contribution in [3.63, 3.8) is 0 Å². The van der Waals surface area contributed by atoms with Crippen molar-refractivity contribution in [1.82, 2.24) is 10.2 Å². The normalized spacial score (nSPS) is 18.9. The molecule has 0 bridgehead atoms. The summed E-state index contributed by atoms with van der Waals surface area (Å²) in [6.45, 7) is 7.57. The molecular weight excluding hydrogens is 232 g/mol. The number of nitrogens with one attached hydrogen (secondary N) is 1. The Labute approximate surface area is 109 Å². The van der Waals surface area contributed by atoms with E-state index >= 15 is 0 Å². The number of likely N-dealkylation sites (N-methyl/N-ethyl adjacent to an activating group) is 2. The lowest BCUT2D eigenvalue weighted by Gasteiger charge is -2.34. The fourth-order valence-corrected chi connectivity index (χ4v) is 2.38. The topological polar surface area (TPSA) is 61.8 Å². The zero-order valence-corrected chi connectivity index (χ0v) is 11.7. The second-order valence-electron chi connectivity index (χ2n) is 4.87. The van der Waals surface area contributed by atoms with Crippen LogP contribution in [0.4, 0.5) is 0 Å². The van der Waals surface area contributed by atoms with Crippen LogP contribution in [-0.4, -0.2) is 61.4 Å². The van der Waals surface area contributed by atoms with Crippen molar-refractivity contribution in [3.05, 3.63) is 0 Å². The van der Waals surface area contributed by atoms with E-state index in [1.165, 1.54) is 0 Å². The van der Waals surface area contributed by atoms with Crippen molar-refractivity contribution in [2.75, 3.05) is 39.9 Å². The lowest BCUT2D eigenvalue weighted by atomic mass is 9.92. The Kier molecular flexibility index (Phi) is 6.05. The van der Waals surface area contributed by atoms with Crippen LogP contribution in [0, 0.1) is 5.92 Å². The number of ether oxygens (including phenoxy) is 1. The predicted molar refractivity (Wildman–Crippen MR) is 70.8 cm³/mol. The molecule has 1 rings (SSSR count). The van der Waals surface area contributed by atoms with Crippen LogP contribution in [0.2, 0.25) is 0 Å². The lowest BCUT2D eigenvalue weighted by molar-refractivity contribution is -0.146. The minimum absolute atomic E-state index is 0.265. The van der Waals surface area contributed by atoms with Crippen molar-refractivity contribution in [2.45, 2.75) is 32.2 Å². The van der Waals surface area contributed by atoms with E-state index in [4.69, 9.17) is 4.74 Å². The second-order valence-corrected chi connectivity index (χ2v) is 4.87. The summed E-state index contributed by atoms with van der Waals surface area (Å²) in [5.41, 5.74) is -0.789. The molecule has 0 aromatic rings. The summed E-state index contributed by atoms with van der Waals surface area (Å²) in [6, 6.07) is 0. The second kappa shape index (κ2) is 7.07. The number of hydrogen-bond acceptors (Lipinski definition) is 4. The Bertz CT molecular complexity index is 269. The Morgan fingerprint density at radius 1 is 1.50 bits per heavy atom. The van der Waals surface area contributed by atoms with Crippen molar-refractivity contribution in [1.29, 1.82) is 0 Å². The molecule has 106 valence electrons. The largest absolute Gasteiger partial charge is 0.480 e. The third kappa shape index (κ3) is 3.67. The predicted octanol–water partition coefficient (Wildman–Crippen LogP) is 0.798. The van der Waals surface area contributed by atoms with Crippen LogP contribution in [-0.2, 0) is 9.53 Å². The zero-order valence-electron chi connectivity index (χ0n) is 11.7. The molecule has 5 heteroatoms. The highest BCUT2D eigenvalue weighted by Crippen LogP contribution is 2.40. The maximum absolute atomic E-state index is 11.6. The number of nitrogens with zero attached hydrogens (tertiary/aromatic N) is 1. The monoisotopic (exact) mass is 258 g/mol. The van der Waals surface area contributed by atoms with E-state index in [1.54, 1.807) is 7.05 Å². The first-order valence-corrected chi connectivity index (χ1v) is 6.83. The molecule has 0 aromatic carbocycles. The molecule has 0 radical (unpaired) electrons. The minimum atomic E-state index is -0.789. The Hall–Kier alpha value is -0.650. The van der Waals surface area contributed by atoms with Crippen LogP contribution in [0.15, 0.2) is 0 Å². The maximum atomic E-state index is 11.6. The van der Waals surface area contributed by atoms with Crippen LogP contribution in [0.1, 0.15) is 26.7 Å². The third-order valence-corrected chi connectivity index (χ3v) is 3.78. The van der Waals surface area contributed by atoms with Crippen molar-refractivity contribution >= 4 is 5.97 Å². The van der Waals surface area contributed by atoms with Gasteiger partial charge in [0.25, 0.3) is 0 Å². The first kappa shape index (κ1) is 15.4. The van der Waals surface area contributed by atoms with Crippen LogP contribution in [0.5, 0.6) is 0 Å². The fraction of sp³-hybridized carbons (Fsp3) is 0.923. The molecule has 0 amide bonds. The molecule has 1 atom stereocenters. The van der Waals surface area contributed by atoms with Crippen LogP contribution in [0.25, 0.3) is 0 Å². The molecule has 0 aliphatic heterocycles. The summed E-state index contributed by atoms with van der Waals surface area (Å²) < 4.78 is 5.34. The molecule has 0 spiro atoms. The van der Waals surface area contributed by atoms with Crippen LogP contribution >= 0.6 is 0 Å². The Morgan fingerprint density at radius 2 is 2.17 bits per heavy atom. The van der Waals surface area contributed by atoms with Crippen molar-refractivity contribution < 1.29 is 14.6 Å². The SMILES string of the molecule is CCOCCN(CC)CC(NC)(C(=O)O)C1CC1. The van der Waals surface area contributed by atoms with Crippen molar-refractivity contribution in [2.24, 2.45) is 5.92 Å². The van der Waals surface area contributed by atoms with E-state index in [1.807, 2.05) is 6.92 Å². The first-order valence-electron chi connectivity index (χ1n) is 6.83. The van der Waals surface area contributed by atoms with Gasteiger partial charge in [0.2, 0.25) is 0 Å². The van der Waals surface area contributed by atoms with Gasteiger partial charge in [-0.05, 0) is 39.3 Å². The number of aliphatic carboxylic acids is 1. The van der Waals surface area contributed by atoms with E-state index in [0.29, 0.717) is 19.8 Å². The molecule has 1 aliphatic carbocycles. The zero-order chi connectivity index (χ0) is 13.6. The molecule has 0 aromatic heterocycles. The average molecular weight is 258 g/mol.